The molecule has 2 N–H and O–H groups in total. The van der Waals surface area contributed by atoms with Crippen LogP contribution < -0.4 is 5.32 Å². The second-order valence-corrected chi connectivity index (χ2v) is 6.46. The number of thiazole rings is 1. The average Bonchev–Trinajstić information content (AvgIpc) is 2.90. The number of rotatable bonds is 9. The molecule has 1 fully saturated rings. The molecule has 0 unspecified atom stereocenters. The molecule has 1 amide bonds. The van der Waals surface area contributed by atoms with Crippen molar-refractivity contribution < 1.29 is 19.4 Å². The SMILES string of the molecule is CCOCCC1(C(=O)NCCc2nc(C(=O)O)cs2)CCC1. The molecule has 0 aromatic carbocycles. The molecule has 122 valence electrons. The summed E-state index contributed by atoms with van der Waals surface area (Å²) in [5.74, 6) is -0.927. The van der Waals surface area contributed by atoms with Gasteiger partial charge in [-0.2, -0.15) is 0 Å². The predicted octanol–water partition coefficient (Wildman–Crippen LogP) is 2.10. The van der Waals surface area contributed by atoms with Crippen LogP contribution in [-0.2, 0) is 16.0 Å². The Morgan fingerprint density at radius 3 is 2.82 bits per heavy atom. The Hall–Kier alpha value is -1.47. The number of ether oxygens (including phenoxy) is 1. The van der Waals surface area contributed by atoms with Gasteiger partial charge >= 0.3 is 5.97 Å². The molecule has 0 atom stereocenters. The molecule has 22 heavy (non-hydrogen) atoms. The zero-order chi connectivity index (χ0) is 16.0. The van der Waals surface area contributed by atoms with Crippen LogP contribution in [0.4, 0.5) is 0 Å². The van der Waals surface area contributed by atoms with Gasteiger partial charge in [-0.1, -0.05) is 6.42 Å². The third kappa shape index (κ3) is 4.04. The Morgan fingerprint density at radius 1 is 1.50 bits per heavy atom. The number of aromatic nitrogens is 1. The van der Waals surface area contributed by atoms with E-state index in [4.69, 9.17) is 9.84 Å². The molecule has 2 rings (SSSR count). The van der Waals surface area contributed by atoms with E-state index in [1.807, 2.05) is 6.92 Å². The number of aromatic carboxylic acids is 1. The van der Waals surface area contributed by atoms with Crippen molar-refractivity contribution in [2.24, 2.45) is 5.41 Å². The first-order valence-corrected chi connectivity index (χ1v) is 8.49. The van der Waals surface area contributed by atoms with Gasteiger partial charge in [-0.15, -0.1) is 11.3 Å². The van der Waals surface area contributed by atoms with Gasteiger partial charge in [-0.3, -0.25) is 4.79 Å². The summed E-state index contributed by atoms with van der Waals surface area (Å²) in [5, 5.41) is 14.0. The van der Waals surface area contributed by atoms with Gasteiger partial charge in [0.25, 0.3) is 0 Å². The van der Waals surface area contributed by atoms with Crippen LogP contribution in [0.2, 0.25) is 0 Å². The van der Waals surface area contributed by atoms with Crippen molar-refractivity contribution in [1.82, 2.24) is 10.3 Å². The Morgan fingerprint density at radius 2 is 2.27 bits per heavy atom. The lowest BCUT2D eigenvalue weighted by molar-refractivity contribution is -0.137. The first-order chi connectivity index (χ1) is 10.6. The van der Waals surface area contributed by atoms with E-state index < -0.39 is 5.97 Å². The van der Waals surface area contributed by atoms with Gasteiger partial charge < -0.3 is 15.2 Å². The fraction of sp³-hybridized carbons (Fsp3) is 0.667. The van der Waals surface area contributed by atoms with E-state index in [2.05, 4.69) is 10.3 Å². The van der Waals surface area contributed by atoms with Gasteiger partial charge in [0.05, 0.1) is 10.4 Å². The molecule has 1 aliphatic rings. The molecule has 0 bridgehead atoms. The Balaban J connectivity index is 1.77. The normalized spacial score (nSPS) is 16.0. The highest BCUT2D eigenvalue weighted by molar-refractivity contribution is 7.09. The number of hydrogen-bond donors (Lipinski definition) is 2. The number of carboxylic acids is 1. The van der Waals surface area contributed by atoms with E-state index in [1.165, 1.54) is 16.7 Å². The van der Waals surface area contributed by atoms with Crippen molar-refractivity contribution >= 4 is 23.2 Å². The average molecular weight is 326 g/mol. The summed E-state index contributed by atoms with van der Waals surface area (Å²) in [6.45, 7) is 3.74. The lowest BCUT2D eigenvalue weighted by Gasteiger charge is -2.40. The largest absolute Gasteiger partial charge is 0.476 e. The summed E-state index contributed by atoms with van der Waals surface area (Å²) in [5.41, 5.74) is -0.192. The monoisotopic (exact) mass is 326 g/mol. The second kappa shape index (κ2) is 7.69. The van der Waals surface area contributed by atoms with Crippen molar-refractivity contribution in [3.8, 4) is 0 Å². The topological polar surface area (TPSA) is 88.5 Å². The highest BCUT2D eigenvalue weighted by atomic mass is 32.1. The third-order valence-electron chi connectivity index (χ3n) is 4.12. The summed E-state index contributed by atoms with van der Waals surface area (Å²) in [6.07, 6.45) is 4.27. The van der Waals surface area contributed by atoms with E-state index in [0.29, 0.717) is 26.2 Å². The van der Waals surface area contributed by atoms with Crippen molar-refractivity contribution in [3.05, 3.63) is 16.1 Å². The fourth-order valence-electron chi connectivity index (χ4n) is 2.60. The molecule has 0 radical (unpaired) electrons. The summed E-state index contributed by atoms with van der Waals surface area (Å²) in [6, 6.07) is 0. The molecule has 1 aromatic rings. The molecule has 6 nitrogen and oxygen atoms in total. The minimum atomic E-state index is -1.02. The number of carbonyl (C=O) groups excluding carboxylic acids is 1. The second-order valence-electron chi connectivity index (χ2n) is 5.52. The molecule has 7 heteroatoms. The molecular formula is C15H22N2O4S. The highest BCUT2D eigenvalue weighted by Crippen LogP contribution is 2.44. The fourth-order valence-corrected chi connectivity index (χ4v) is 3.37. The van der Waals surface area contributed by atoms with E-state index in [9.17, 15) is 9.59 Å². The van der Waals surface area contributed by atoms with Crippen LogP contribution in [0.3, 0.4) is 0 Å². The smallest absolute Gasteiger partial charge is 0.355 e. The summed E-state index contributed by atoms with van der Waals surface area (Å²) >= 11 is 1.31. The van der Waals surface area contributed by atoms with E-state index in [0.717, 1.165) is 30.7 Å². The zero-order valence-corrected chi connectivity index (χ0v) is 13.6. The number of nitrogens with one attached hydrogen (secondary N) is 1. The first-order valence-electron chi connectivity index (χ1n) is 7.61. The van der Waals surface area contributed by atoms with Crippen LogP contribution in [-0.4, -0.2) is 41.7 Å². The van der Waals surface area contributed by atoms with E-state index in [1.54, 1.807) is 0 Å². The van der Waals surface area contributed by atoms with Crippen LogP contribution in [0.1, 0.15) is 48.1 Å². The Bertz CT molecular complexity index is 525. The molecule has 1 aliphatic carbocycles. The number of carboxylic acid groups (broad SMARTS) is 1. The quantitative estimate of drug-likeness (QED) is 0.678. The summed E-state index contributed by atoms with van der Waals surface area (Å²) < 4.78 is 5.37. The van der Waals surface area contributed by atoms with Crippen LogP contribution >= 0.6 is 11.3 Å². The maximum atomic E-state index is 12.4. The minimum absolute atomic E-state index is 0.0681. The molecule has 0 spiro atoms. The maximum Gasteiger partial charge on any atom is 0.355 e. The molecule has 1 saturated carbocycles. The first kappa shape index (κ1) is 16.9. The molecular weight excluding hydrogens is 304 g/mol. The number of amides is 1. The summed E-state index contributed by atoms with van der Waals surface area (Å²) in [4.78, 5) is 27.1. The standard InChI is InChI=1S/C15H22N2O4S/c1-2-21-9-7-15(5-3-6-15)14(20)16-8-4-12-17-11(10-22-12)13(18)19/h10H,2-9H2,1H3,(H,16,20)(H,18,19). The lowest BCUT2D eigenvalue weighted by atomic mass is 9.66. The third-order valence-corrected chi connectivity index (χ3v) is 5.03. The number of hydrogen-bond acceptors (Lipinski definition) is 5. The van der Waals surface area contributed by atoms with Gasteiger partial charge in [-0.25, -0.2) is 9.78 Å². The van der Waals surface area contributed by atoms with Crippen LogP contribution in [0, 0.1) is 5.41 Å². The summed E-state index contributed by atoms with van der Waals surface area (Å²) in [7, 11) is 0. The van der Waals surface area contributed by atoms with Gasteiger partial charge in [0, 0.05) is 31.6 Å². The van der Waals surface area contributed by atoms with Gasteiger partial charge in [-0.05, 0) is 26.2 Å². The predicted molar refractivity (Wildman–Crippen MR) is 83.2 cm³/mol. The highest BCUT2D eigenvalue weighted by Gasteiger charge is 2.43. The van der Waals surface area contributed by atoms with Crippen LogP contribution in [0.25, 0.3) is 0 Å². The number of nitrogens with zero attached hydrogens (tertiary/aromatic N) is 1. The molecule has 0 saturated heterocycles. The Kier molecular flexibility index (Phi) is 5.90. The van der Waals surface area contributed by atoms with Gasteiger partial charge in [0.2, 0.25) is 5.91 Å². The molecule has 0 aliphatic heterocycles. The lowest BCUT2D eigenvalue weighted by Crippen LogP contribution is -2.46. The Labute approximate surface area is 133 Å². The van der Waals surface area contributed by atoms with Crippen LogP contribution in [0.15, 0.2) is 5.38 Å². The number of carbonyl (C=O) groups is 2. The van der Waals surface area contributed by atoms with Crippen molar-refractivity contribution in [2.45, 2.75) is 39.0 Å². The van der Waals surface area contributed by atoms with Gasteiger partial charge in [0.1, 0.15) is 0 Å². The molecule has 1 heterocycles. The van der Waals surface area contributed by atoms with Crippen molar-refractivity contribution in [1.29, 1.82) is 0 Å². The van der Waals surface area contributed by atoms with Crippen molar-refractivity contribution in [3.63, 3.8) is 0 Å². The van der Waals surface area contributed by atoms with Crippen molar-refractivity contribution in [2.75, 3.05) is 19.8 Å². The minimum Gasteiger partial charge on any atom is -0.476 e. The van der Waals surface area contributed by atoms with E-state index >= 15 is 0 Å². The van der Waals surface area contributed by atoms with Crippen LogP contribution in [0.5, 0.6) is 0 Å². The molecule has 1 aromatic heterocycles. The zero-order valence-electron chi connectivity index (χ0n) is 12.8. The van der Waals surface area contributed by atoms with Gasteiger partial charge in [0.15, 0.2) is 5.69 Å². The van der Waals surface area contributed by atoms with E-state index in [-0.39, 0.29) is 17.0 Å². The maximum absolute atomic E-state index is 12.4.